The van der Waals surface area contributed by atoms with E-state index in [4.69, 9.17) is 15.0 Å². The highest BCUT2D eigenvalue weighted by atomic mass is 32.2. The minimum absolute atomic E-state index is 0.125. The van der Waals surface area contributed by atoms with Crippen LogP contribution in [-0.2, 0) is 11.4 Å². The first-order valence-electron chi connectivity index (χ1n) is 3.36. The zero-order chi connectivity index (χ0) is 9.84. The molecule has 13 heavy (non-hydrogen) atoms. The van der Waals surface area contributed by atoms with Gasteiger partial charge in [0.1, 0.15) is 5.75 Å². The summed E-state index contributed by atoms with van der Waals surface area (Å²) in [5, 5.41) is 0. The van der Waals surface area contributed by atoms with Gasteiger partial charge in [-0.25, -0.2) is 0 Å². The highest BCUT2D eigenvalue weighted by molar-refractivity contribution is 7.74. The molecule has 0 heterocycles. The largest absolute Gasteiger partial charge is 0.497 e. The smallest absolute Gasteiger partial charge is 0.357 e. The number of nitrogen functional groups attached to an aromatic ring is 1. The van der Waals surface area contributed by atoms with E-state index < -0.39 is 11.4 Å². The van der Waals surface area contributed by atoms with Gasteiger partial charge >= 0.3 is 11.4 Å². The third-order valence-corrected chi connectivity index (χ3v) is 1.70. The standard InChI is InChI=1S/C7H9NO4S/c1-11-5-2-3-6(8)7(4-5)12-13(9)10/h2-4H,8H2,1H3,(H,9,10). The van der Waals surface area contributed by atoms with Crippen LogP contribution in [0.1, 0.15) is 0 Å². The van der Waals surface area contributed by atoms with Gasteiger partial charge in [-0.3, -0.25) is 4.55 Å². The second-order valence-corrected chi connectivity index (χ2v) is 2.81. The van der Waals surface area contributed by atoms with Gasteiger partial charge < -0.3 is 14.7 Å². The van der Waals surface area contributed by atoms with Crippen LogP contribution in [0.4, 0.5) is 5.69 Å². The molecule has 1 aromatic rings. The average Bonchev–Trinajstić information content (AvgIpc) is 2.08. The average molecular weight is 203 g/mol. The lowest BCUT2D eigenvalue weighted by molar-refractivity contribution is 0.411. The monoisotopic (exact) mass is 203 g/mol. The highest BCUT2D eigenvalue weighted by Crippen LogP contribution is 2.26. The molecule has 0 saturated carbocycles. The van der Waals surface area contributed by atoms with Crippen LogP contribution in [-0.4, -0.2) is 15.9 Å². The summed E-state index contributed by atoms with van der Waals surface area (Å²) < 4.78 is 28.1. The van der Waals surface area contributed by atoms with E-state index in [1.807, 2.05) is 0 Å². The third kappa shape index (κ3) is 2.60. The van der Waals surface area contributed by atoms with E-state index in [2.05, 4.69) is 4.18 Å². The van der Waals surface area contributed by atoms with Gasteiger partial charge in [-0.2, -0.15) is 4.21 Å². The predicted molar refractivity (Wildman–Crippen MR) is 48.8 cm³/mol. The van der Waals surface area contributed by atoms with Crippen LogP contribution in [0.5, 0.6) is 11.5 Å². The highest BCUT2D eigenvalue weighted by Gasteiger charge is 2.05. The number of benzene rings is 1. The number of ether oxygens (including phenoxy) is 1. The van der Waals surface area contributed by atoms with Crippen LogP contribution in [0, 0.1) is 0 Å². The Labute approximate surface area is 77.9 Å². The molecule has 1 aromatic carbocycles. The fourth-order valence-corrected chi connectivity index (χ4v) is 1.09. The van der Waals surface area contributed by atoms with E-state index in [0.29, 0.717) is 5.75 Å². The minimum atomic E-state index is -2.37. The lowest BCUT2D eigenvalue weighted by Gasteiger charge is -2.05. The molecule has 0 aliphatic carbocycles. The Morgan fingerprint density at radius 1 is 1.54 bits per heavy atom. The Morgan fingerprint density at radius 3 is 2.77 bits per heavy atom. The molecular weight excluding hydrogens is 194 g/mol. The number of rotatable bonds is 3. The normalized spacial score (nSPS) is 12.2. The lowest BCUT2D eigenvalue weighted by Crippen LogP contribution is -2.00. The number of hydrogen-bond acceptors (Lipinski definition) is 4. The molecule has 1 unspecified atom stereocenters. The Hall–Kier alpha value is -1.27. The van der Waals surface area contributed by atoms with Crippen molar-refractivity contribution >= 4 is 17.0 Å². The number of anilines is 1. The molecular formula is C7H9NO4S. The van der Waals surface area contributed by atoms with Crippen molar-refractivity contribution in [1.29, 1.82) is 0 Å². The molecule has 0 aliphatic heterocycles. The maximum Gasteiger partial charge on any atom is 0.357 e. The van der Waals surface area contributed by atoms with Crippen LogP contribution >= 0.6 is 0 Å². The molecule has 3 N–H and O–H groups in total. The van der Waals surface area contributed by atoms with Crippen molar-refractivity contribution in [3.05, 3.63) is 18.2 Å². The van der Waals surface area contributed by atoms with E-state index in [1.54, 1.807) is 6.07 Å². The molecule has 0 saturated heterocycles. The van der Waals surface area contributed by atoms with Gasteiger partial charge in [0.05, 0.1) is 12.8 Å². The SMILES string of the molecule is COc1ccc(N)c(OS(=O)O)c1. The molecule has 0 aliphatic rings. The van der Waals surface area contributed by atoms with Crippen molar-refractivity contribution in [2.45, 2.75) is 0 Å². The summed E-state index contributed by atoms with van der Waals surface area (Å²) in [5.41, 5.74) is 5.75. The summed E-state index contributed by atoms with van der Waals surface area (Å²) in [5.74, 6) is 0.634. The van der Waals surface area contributed by atoms with E-state index >= 15 is 0 Å². The molecule has 0 bridgehead atoms. The van der Waals surface area contributed by atoms with Crippen molar-refractivity contribution in [2.24, 2.45) is 0 Å². The van der Waals surface area contributed by atoms with Crippen molar-refractivity contribution in [3.8, 4) is 11.5 Å². The Kier molecular flexibility index (Phi) is 3.10. The zero-order valence-electron chi connectivity index (χ0n) is 6.89. The summed E-state index contributed by atoms with van der Waals surface area (Å²) >= 11 is -2.37. The molecule has 0 aromatic heterocycles. The molecule has 5 nitrogen and oxygen atoms in total. The Bertz CT molecular complexity index is 328. The Balaban J connectivity index is 2.96. The number of nitrogens with two attached hydrogens (primary N) is 1. The maximum absolute atomic E-state index is 10.3. The molecule has 0 amide bonds. The van der Waals surface area contributed by atoms with Crippen molar-refractivity contribution < 1.29 is 17.7 Å². The molecule has 1 atom stereocenters. The van der Waals surface area contributed by atoms with Crippen molar-refractivity contribution in [2.75, 3.05) is 12.8 Å². The van der Waals surface area contributed by atoms with E-state index in [-0.39, 0.29) is 11.4 Å². The summed E-state index contributed by atoms with van der Waals surface area (Å²) in [6.07, 6.45) is 0. The fourth-order valence-electron chi connectivity index (χ4n) is 0.791. The van der Waals surface area contributed by atoms with Gasteiger partial charge in [-0.15, -0.1) is 0 Å². The van der Waals surface area contributed by atoms with Gasteiger partial charge in [0.25, 0.3) is 0 Å². The minimum Gasteiger partial charge on any atom is -0.497 e. The van der Waals surface area contributed by atoms with Crippen molar-refractivity contribution in [3.63, 3.8) is 0 Å². The quantitative estimate of drug-likeness (QED) is 0.560. The first kappa shape index (κ1) is 9.82. The van der Waals surface area contributed by atoms with Crippen molar-refractivity contribution in [1.82, 2.24) is 0 Å². The third-order valence-electron chi connectivity index (χ3n) is 1.38. The van der Waals surface area contributed by atoms with Gasteiger partial charge in [0.2, 0.25) is 0 Å². The molecule has 0 spiro atoms. The van der Waals surface area contributed by atoms with Gasteiger partial charge in [0.15, 0.2) is 5.75 Å². The Morgan fingerprint density at radius 2 is 2.23 bits per heavy atom. The molecule has 0 fully saturated rings. The van der Waals surface area contributed by atoms with Gasteiger partial charge in [-0.1, -0.05) is 0 Å². The van der Waals surface area contributed by atoms with E-state index in [9.17, 15) is 4.21 Å². The van der Waals surface area contributed by atoms with Crippen LogP contribution in [0.2, 0.25) is 0 Å². The summed E-state index contributed by atoms with van der Waals surface area (Å²) in [7, 11) is 1.48. The summed E-state index contributed by atoms with van der Waals surface area (Å²) in [4.78, 5) is 0. The summed E-state index contributed by atoms with van der Waals surface area (Å²) in [6.45, 7) is 0. The predicted octanol–water partition coefficient (Wildman–Crippen LogP) is 0.793. The molecule has 1 rings (SSSR count). The van der Waals surface area contributed by atoms with Gasteiger partial charge in [0, 0.05) is 6.07 Å². The van der Waals surface area contributed by atoms with Crippen LogP contribution in [0.3, 0.4) is 0 Å². The molecule has 0 radical (unpaired) electrons. The number of methoxy groups -OCH3 is 1. The van der Waals surface area contributed by atoms with E-state index in [0.717, 1.165) is 0 Å². The lowest BCUT2D eigenvalue weighted by atomic mass is 10.3. The van der Waals surface area contributed by atoms with E-state index in [1.165, 1.54) is 19.2 Å². The molecule has 72 valence electrons. The number of hydrogen-bond donors (Lipinski definition) is 2. The van der Waals surface area contributed by atoms with Crippen LogP contribution in [0.15, 0.2) is 18.2 Å². The topological polar surface area (TPSA) is 81.8 Å². The maximum atomic E-state index is 10.3. The second-order valence-electron chi connectivity index (χ2n) is 2.20. The zero-order valence-corrected chi connectivity index (χ0v) is 7.71. The molecule has 6 heteroatoms. The summed E-state index contributed by atoms with van der Waals surface area (Å²) in [6, 6.07) is 4.59. The van der Waals surface area contributed by atoms with Crippen LogP contribution in [0.25, 0.3) is 0 Å². The van der Waals surface area contributed by atoms with Gasteiger partial charge in [-0.05, 0) is 12.1 Å². The second kappa shape index (κ2) is 4.11. The first-order chi connectivity index (χ1) is 6.13. The first-order valence-corrected chi connectivity index (χ1v) is 4.39. The van der Waals surface area contributed by atoms with Crippen LogP contribution < -0.4 is 14.7 Å². The fraction of sp³-hybridized carbons (Fsp3) is 0.143.